The van der Waals surface area contributed by atoms with Crippen molar-refractivity contribution >= 4 is 0 Å². The predicted octanol–water partition coefficient (Wildman–Crippen LogP) is 4.05. The van der Waals surface area contributed by atoms with Crippen molar-refractivity contribution in [3.8, 4) is 0 Å². The molecule has 0 heterocycles. The molecule has 88 valence electrons. The van der Waals surface area contributed by atoms with Gasteiger partial charge in [-0.15, -0.1) is 0 Å². The van der Waals surface area contributed by atoms with Crippen molar-refractivity contribution in [1.82, 2.24) is 5.32 Å². The summed E-state index contributed by atoms with van der Waals surface area (Å²) < 4.78 is 0. The first-order valence-corrected chi connectivity index (χ1v) is 6.78. The van der Waals surface area contributed by atoms with Crippen LogP contribution >= 0.6 is 0 Å². The van der Waals surface area contributed by atoms with Crippen molar-refractivity contribution in [2.24, 2.45) is 0 Å². The maximum absolute atomic E-state index is 3.71. The third-order valence-corrected chi connectivity index (χ3v) is 3.29. The smallest absolute Gasteiger partial charge is 0.00669 e. The first kappa shape index (κ1) is 12.8. The van der Waals surface area contributed by atoms with Crippen LogP contribution in [0, 0.1) is 0 Å². The Morgan fingerprint density at radius 2 is 2.00 bits per heavy atom. The average molecular weight is 209 g/mol. The molecule has 0 aliphatic heterocycles. The van der Waals surface area contributed by atoms with Crippen molar-refractivity contribution in [2.75, 3.05) is 6.54 Å². The van der Waals surface area contributed by atoms with E-state index in [1.807, 2.05) is 0 Å². The van der Waals surface area contributed by atoms with Gasteiger partial charge in [-0.2, -0.15) is 0 Å². The normalized spacial score (nSPS) is 16.1. The van der Waals surface area contributed by atoms with Crippen molar-refractivity contribution in [3.05, 3.63) is 11.6 Å². The summed E-state index contributed by atoms with van der Waals surface area (Å²) in [5.74, 6) is 0. The molecule has 1 N–H and O–H groups in total. The Bertz CT molecular complexity index is 178. The van der Waals surface area contributed by atoms with Gasteiger partial charge >= 0.3 is 0 Å². The molecule has 15 heavy (non-hydrogen) atoms. The van der Waals surface area contributed by atoms with E-state index in [0.29, 0.717) is 0 Å². The fourth-order valence-corrected chi connectivity index (χ4v) is 2.45. The summed E-state index contributed by atoms with van der Waals surface area (Å²) in [6.45, 7) is 5.75. The lowest BCUT2D eigenvalue weighted by Gasteiger charge is -2.17. The Hall–Kier alpha value is -0.300. The first-order chi connectivity index (χ1) is 7.36. The molecule has 0 fully saturated rings. The Morgan fingerprint density at radius 1 is 1.27 bits per heavy atom. The Morgan fingerprint density at radius 3 is 2.53 bits per heavy atom. The summed E-state index contributed by atoms with van der Waals surface area (Å²) in [4.78, 5) is 0. The van der Waals surface area contributed by atoms with Gasteiger partial charge in [0.15, 0.2) is 0 Å². The van der Waals surface area contributed by atoms with Gasteiger partial charge in [-0.3, -0.25) is 0 Å². The SMILES string of the molecule is CCCC(CCC)NCCC1=CCCC1. The largest absolute Gasteiger partial charge is 0.314 e. The third-order valence-electron chi connectivity index (χ3n) is 3.29. The molecule has 1 aliphatic rings. The number of rotatable bonds is 8. The van der Waals surface area contributed by atoms with Gasteiger partial charge in [0, 0.05) is 6.04 Å². The fourth-order valence-electron chi connectivity index (χ4n) is 2.45. The second kappa shape index (κ2) is 7.92. The lowest BCUT2D eigenvalue weighted by molar-refractivity contribution is 0.446. The molecule has 1 nitrogen and oxygen atoms in total. The van der Waals surface area contributed by atoms with E-state index in [0.717, 1.165) is 6.04 Å². The van der Waals surface area contributed by atoms with Crippen molar-refractivity contribution in [2.45, 2.75) is 71.3 Å². The first-order valence-electron chi connectivity index (χ1n) is 6.78. The van der Waals surface area contributed by atoms with Gasteiger partial charge in [0.25, 0.3) is 0 Å². The molecule has 0 aromatic carbocycles. The number of hydrogen-bond acceptors (Lipinski definition) is 1. The Balaban J connectivity index is 2.09. The van der Waals surface area contributed by atoms with Gasteiger partial charge in [-0.1, -0.05) is 38.3 Å². The molecule has 0 bridgehead atoms. The predicted molar refractivity (Wildman–Crippen MR) is 68.2 cm³/mol. The lowest BCUT2D eigenvalue weighted by atomic mass is 10.1. The Labute approximate surface area is 95.3 Å². The van der Waals surface area contributed by atoms with E-state index < -0.39 is 0 Å². The molecule has 0 saturated carbocycles. The van der Waals surface area contributed by atoms with Gasteiger partial charge in [-0.25, -0.2) is 0 Å². The number of allylic oxidation sites excluding steroid dienone is 1. The van der Waals surface area contributed by atoms with E-state index in [2.05, 4.69) is 25.2 Å². The fraction of sp³-hybridized carbons (Fsp3) is 0.857. The van der Waals surface area contributed by atoms with E-state index >= 15 is 0 Å². The molecule has 1 heteroatoms. The average Bonchev–Trinajstić information content (AvgIpc) is 2.71. The standard InChI is InChI=1S/C14H27N/c1-3-7-14(8-4-2)15-12-11-13-9-5-6-10-13/h9,14-15H,3-8,10-12H2,1-2H3. The summed E-state index contributed by atoms with van der Waals surface area (Å²) in [5, 5.41) is 3.71. The maximum atomic E-state index is 3.71. The summed E-state index contributed by atoms with van der Waals surface area (Å²) in [6, 6.07) is 0.766. The van der Waals surface area contributed by atoms with Crippen LogP contribution in [0.15, 0.2) is 11.6 Å². The summed E-state index contributed by atoms with van der Waals surface area (Å²) >= 11 is 0. The number of nitrogens with one attached hydrogen (secondary N) is 1. The summed E-state index contributed by atoms with van der Waals surface area (Å²) in [5.41, 5.74) is 1.69. The molecular weight excluding hydrogens is 182 g/mol. The van der Waals surface area contributed by atoms with Crippen molar-refractivity contribution in [3.63, 3.8) is 0 Å². The van der Waals surface area contributed by atoms with Crippen LogP contribution in [-0.4, -0.2) is 12.6 Å². The monoisotopic (exact) mass is 209 g/mol. The van der Waals surface area contributed by atoms with E-state index in [1.54, 1.807) is 5.57 Å². The minimum absolute atomic E-state index is 0.766. The molecule has 1 rings (SSSR count). The van der Waals surface area contributed by atoms with Crippen LogP contribution in [0.5, 0.6) is 0 Å². The zero-order valence-electron chi connectivity index (χ0n) is 10.5. The second-order valence-electron chi connectivity index (χ2n) is 4.73. The molecule has 0 atom stereocenters. The van der Waals surface area contributed by atoms with Crippen LogP contribution in [0.2, 0.25) is 0 Å². The van der Waals surface area contributed by atoms with E-state index in [4.69, 9.17) is 0 Å². The van der Waals surface area contributed by atoms with Gasteiger partial charge < -0.3 is 5.32 Å². The Kier molecular flexibility index (Phi) is 6.74. The van der Waals surface area contributed by atoms with Crippen molar-refractivity contribution < 1.29 is 0 Å². The maximum Gasteiger partial charge on any atom is 0.00669 e. The minimum Gasteiger partial charge on any atom is -0.314 e. The van der Waals surface area contributed by atoms with E-state index in [9.17, 15) is 0 Å². The molecule has 0 saturated heterocycles. The highest BCUT2D eigenvalue weighted by atomic mass is 14.9. The molecule has 0 aromatic rings. The second-order valence-corrected chi connectivity index (χ2v) is 4.73. The highest BCUT2D eigenvalue weighted by molar-refractivity contribution is 5.07. The zero-order valence-corrected chi connectivity index (χ0v) is 10.5. The molecule has 0 unspecified atom stereocenters. The van der Waals surface area contributed by atoms with Crippen LogP contribution in [0.1, 0.15) is 65.2 Å². The van der Waals surface area contributed by atoms with E-state index in [1.165, 1.54) is 57.9 Å². The minimum atomic E-state index is 0.766. The molecule has 1 aliphatic carbocycles. The van der Waals surface area contributed by atoms with Crippen LogP contribution in [0.25, 0.3) is 0 Å². The van der Waals surface area contributed by atoms with Gasteiger partial charge in [0.05, 0.1) is 0 Å². The summed E-state index contributed by atoms with van der Waals surface area (Å²) in [7, 11) is 0. The third kappa shape index (κ3) is 5.36. The molecule has 0 radical (unpaired) electrons. The molecule has 0 aromatic heterocycles. The molecular formula is C14H27N. The topological polar surface area (TPSA) is 12.0 Å². The lowest BCUT2D eigenvalue weighted by Crippen LogP contribution is -2.29. The van der Waals surface area contributed by atoms with Crippen LogP contribution < -0.4 is 5.32 Å². The quantitative estimate of drug-likeness (QED) is 0.595. The van der Waals surface area contributed by atoms with Gasteiger partial charge in [-0.05, 0) is 45.1 Å². The number of hydrogen-bond donors (Lipinski definition) is 1. The summed E-state index contributed by atoms with van der Waals surface area (Å²) in [6.07, 6.45) is 13.1. The van der Waals surface area contributed by atoms with Crippen LogP contribution in [0.3, 0.4) is 0 Å². The van der Waals surface area contributed by atoms with Crippen LogP contribution in [-0.2, 0) is 0 Å². The zero-order chi connectivity index (χ0) is 10.9. The highest BCUT2D eigenvalue weighted by Gasteiger charge is 2.07. The highest BCUT2D eigenvalue weighted by Crippen LogP contribution is 2.19. The molecule has 0 spiro atoms. The van der Waals surface area contributed by atoms with E-state index in [-0.39, 0.29) is 0 Å². The van der Waals surface area contributed by atoms with Gasteiger partial charge in [0.2, 0.25) is 0 Å². The van der Waals surface area contributed by atoms with Crippen molar-refractivity contribution in [1.29, 1.82) is 0 Å². The molecule has 0 amide bonds. The van der Waals surface area contributed by atoms with Gasteiger partial charge in [0.1, 0.15) is 0 Å². The van der Waals surface area contributed by atoms with Crippen LogP contribution in [0.4, 0.5) is 0 Å².